The quantitative estimate of drug-likeness (QED) is 0.453. The average Bonchev–Trinajstić information content (AvgIpc) is 2.75. The monoisotopic (exact) mass is 485 g/mol. The summed E-state index contributed by atoms with van der Waals surface area (Å²) in [4.78, 5) is 40.8. The number of benzene rings is 2. The van der Waals surface area contributed by atoms with Gasteiger partial charge in [-0.15, -0.1) is 0 Å². The van der Waals surface area contributed by atoms with Gasteiger partial charge in [0, 0.05) is 11.7 Å². The molecule has 0 bridgehead atoms. The molecule has 2 aromatic carbocycles. The molecule has 0 aromatic heterocycles. The van der Waals surface area contributed by atoms with Crippen molar-refractivity contribution in [3.63, 3.8) is 0 Å². The number of phenols is 1. The van der Waals surface area contributed by atoms with Gasteiger partial charge < -0.3 is 30.5 Å². The lowest BCUT2D eigenvalue weighted by Gasteiger charge is -2.37. The minimum absolute atomic E-state index is 0.0714. The van der Waals surface area contributed by atoms with Crippen LogP contribution in [0.1, 0.15) is 51.8 Å². The number of hydrogen-bond donors (Lipinski definition) is 4. The Balaban J connectivity index is 2.46. The molecule has 9 nitrogen and oxygen atoms in total. The van der Waals surface area contributed by atoms with E-state index >= 15 is 0 Å². The van der Waals surface area contributed by atoms with Crippen molar-refractivity contribution < 1.29 is 29.3 Å². The summed E-state index contributed by atoms with van der Waals surface area (Å²) >= 11 is 0. The molecule has 0 heterocycles. The molecular formula is C26H35N3O6. The van der Waals surface area contributed by atoms with E-state index in [1.54, 1.807) is 58.9 Å². The van der Waals surface area contributed by atoms with Crippen LogP contribution in [0.15, 0.2) is 48.5 Å². The number of hydrogen-bond acceptors (Lipinski definition) is 6. The number of anilines is 1. The van der Waals surface area contributed by atoms with Crippen molar-refractivity contribution in [2.75, 3.05) is 11.9 Å². The largest absolute Gasteiger partial charge is 0.508 e. The maximum Gasteiger partial charge on any atom is 0.408 e. The number of aryl methyl sites for hydroxylation is 1. The van der Waals surface area contributed by atoms with Crippen LogP contribution in [0.2, 0.25) is 0 Å². The molecule has 190 valence electrons. The van der Waals surface area contributed by atoms with E-state index in [9.17, 15) is 24.6 Å². The number of para-hydroxylation sites is 1. The van der Waals surface area contributed by atoms with Gasteiger partial charge in [-0.3, -0.25) is 9.59 Å². The number of rotatable bonds is 8. The lowest BCUT2D eigenvalue weighted by molar-refractivity contribution is -0.143. The highest BCUT2D eigenvalue weighted by atomic mass is 16.6. The van der Waals surface area contributed by atoms with Crippen LogP contribution in [0, 0.1) is 6.92 Å². The van der Waals surface area contributed by atoms with Crippen molar-refractivity contribution in [3.05, 3.63) is 59.7 Å². The second-order valence-electron chi connectivity index (χ2n) is 9.52. The number of aromatic hydroxyl groups is 1. The normalized spacial score (nSPS) is 13.0. The Morgan fingerprint density at radius 1 is 1.06 bits per heavy atom. The first-order chi connectivity index (χ1) is 16.3. The van der Waals surface area contributed by atoms with Crippen LogP contribution >= 0.6 is 0 Å². The van der Waals surface area contributed by atoms with Crippen molar-refractivity contribution in [1.82, 2.24) is 10.2 Å². The lowest BCUT2D eigenvalue weighted by atomic mass is 10.0. The van der Waals surface area contributed by atoms with E-state index < -0.39 is 48.2 Å². The predicted molar refractivity (Wildman–Crippen MR) is 133 cm³/mol. The molecule has 0 spiro atoms. The molecule has 2 atom stereocenters. The van der Waals surface area contributed by atoms with Crippen LogP contribution in [0.4, 0.5) is 10.5 Å². The van der Waals surface area contributed by atoms with Crippen molar-refractivity contribution >= 4 is 23.6 Å². The summed E-state index contributed by atoms with van der Waals surface area (Å²) in [5.74, 6) is -1.26. The third-order valence-corrected chi connectivity index (χ3v) is 5.10. The maximum absolute atomic E-state index is 13.6. The number of carbonyl (C=O) groups is 3. The average molecular weight is 486 g/mol. The molecule has 35 heavy (non-hydrogen) atoms. The zero-order valence-electron chi connectivity index (χ0n) is 21.0. The summed E-state index contributed by atoms with van der Waals surface area (Å²) in [6.07, 6.45) is -0.869. The van der Waals surface area contributed by atoms with Gasteiger partial charge in [0.15, 0.2) is 0 Å². The first-order valence-electron chi connectivity index (χ1n) is 11.4. The molecule has 0 radical (unpaired) electrons. The molecule has 0 aliphatic rings. The van der Waals surface area contributed by atoms with Gasteiger partial charge in [-0.05, 0) is 70.9 Å². The number of ether oxygens (including phenoxy) is 1. The molecule has 0 saturated heterocycles. The van der Waals surface area contributed by atoms with Crippen molar-refractivity contribution in [2.24, 2.45) is 0 Å². The van der Waals surface area contributed by atoms with Gasteiger partial charge in [-0.25, -0.2) is 4.79 Å². The topological polar surface area (TPSA) is 128 Å². The number of phenolic OH excluding ortho intramolecular Hbond substituents is 1. The van der Waals surface area contributed by atoms with Crippen molar-refractivity contribution in [3.8, 4) is 5.75 Å². The molecule has 4 N–H and O–H groups in total. The fourth-order valence-corrected chi connectivity index (χ4v) is 3.54. The predicted octanol–water partition coefficient (Wildman–Crippen LogP) is 3.50. The number of aliphatic hydroxyl groups excluding tert-OH is 1. The van der Waals surface area contributed by atoms with E-state index in [2.05, 4.69) is 10.6 Å². The molecule has 2 unspecified atom stereocenters. The maximum atomic E-state index is 13.6. The second-order valence-corrected chi connectivity index (χ2v) is 9.52. The Kier molecular flexibility index (Phi) is 9.25. The molecule has 0 fully saturated rings. The van der Waals surface area contributed by atoms with E-state index in [0.29, 0.717) is 11.3 Å². The molecule has 9 heteroatoms. The molecular weight excluding hydrogens is 450 g/mol. The summed E-state index contributed by atoms with van der Waals surface area (Å²) in [5, 5.41) is 25.2. The Hall–Kier alpha value is -3.59. The highest BCUT2D eigenvalue weighted by Crippen LogP contribution is 2.29. The van der Waals surface area contributed by atoms with Crippen LogP contribution < -0.4 is 10.6 Å². The molecule has 0 saturated carbocycles. The van der Waals surface area contributed by atoms with E-state index in [1.165, 1.54) is 17.0 Å². The molecule has 0 aliphatic carbocycles. The zero-order chi connectivity index (χ0) is 26.3. The smallest absolute Gasteiger partial charge is 0.408 e. The van der Waals surface area contributed by atoms with Gasteiger partial charge >= 0.3 is 6.09 Å². The summed E-state index contributed by atoms with van der Waals surface area (Å²) in [7, 11) is 0. The Morgan fingerprint density at radius 3 is 2.26 bits per heavy atom. The zero-order valence-corrected chi connectivity index (χ0v) is 21.0. The van der Waals surface area contributed by atoms with Crippen LogP contribution in [-0.4, -0.2) is 57.3 Å². The summed E-state index contributed by atoms with van der Waals surface area (Å²) in [5.41, 5.74) is 0.969. The molecule has 3 amide bonds. The van der Waals surface area contributed by atoms with Gasteiger partial charge in [-0.2, -0.15) is 0 Å². The standard InChI is InChI=1S/C26H35N3O6/c1-16(2)29(24(33)21(15-30)28-25(34)35-26(4,5)6)22(18-11-9-12-19(31)14-18)23(32)27-20-13-8-7-10-17(20)3/h7-14,16,21-22,30-31H,15H2,1-6H3,(H,27,32)(H,28,34). The summed E-state index contributed by atoms with van der Waals surface area (Å²) < 4.78 is 5.22. The highest BCUT2D eigenvalue weighted by Gasteiger charge is 2.38. The SMILES string of the molecule is Cc1ccccc1NC(=O)C(c1cccc(O)c1)N(C(=O)C(CO)NC(=O)OC(C)(C)C)C(C)C. The first-order valence-corrected chi connectivity index (χ1v) is 11.4. The number of alkyl carbamates (subject to hydrolysis) is 1. The third-order valence-electron chi connectivity index (χ3n) is 5.10. The molecule has 2 aromatic rings. The Bertz CT molecular complexity index is 1050. The fourth-order valence-electron chi connectivity index (χ4n) is 3.54. The van der Waals surface area contributed by atoms with Gasteiger partial charge in [0.05, 0.1) is 6.61 Å². The fraction of sp³-hybridized carbons (Fsp3) is 0.423. The third kappa shape index (κ3) is 7.71. The Morgan fingerprint density at radius 2 is 1.71 bits per heavy atom. The van der Waals surface area contributed by atoms with Crippen LogP contribution in [-0.2, 0) is 14.3 Å². The molecule has 0 aliphatic heterocycles. The minimum atomic E-state index is -1.35. The van der Waals surface area contributed by atoms with E-state index in [1.807, 2.05) is 19.1 Å². The minimum Gasteiger partial charge on any atom is -0.508 e. The Labute approximate surface area is 206 Å². The second kappa shape index (κ2) is 11.7. The van der Waals surface area contributed by atoms with Gasteiger partial charge in [0.2, 0.25) is 5.91 Å². The highest BCUT2D eigenvalue weighted by molar-refractivity contribution is 5.99. The number of amides is 3. The van der Waals surface area contributed by atoms with Gasteiger partial charge in [0.25, 0.3) is 5.91 Å². The number of nitrogens with zero attached hydrogens (tertiary/aromatic N) is 1. The van der Waals surface area contributed by atoms with E-state index in [-0.39, 0.29) is 5.75 Å². The van der Waals surface area contributed by atoms with Crippen LogP contribution in [0.3, 0.4) is 0 Å². The summed E-state index contributed by atoms with van der Waals surface area (Å²) in [6.45, 7) is 9.61. The number of carbonyl (C=O) groups excluding carboxylic acids is 3. The van der Waals surface area contributed by atoms with Crippen LogP contribution in [0.5, 0.6) is 5.75 Å². The lowest BCUT2D eigenvalue weighted by Crippen LogP contribution is -2.55. The number of nitrogens with one attached hydrogen (secondary N) is 2. The number of aliphatic hydroxyl groups is 1. The van der Waals surface area contributed by atoms with Crippen molar-refractivity contribution in [1.29, 1.82) is 0 Å². The summed E-state index contributed by atoms with van der Waals surface area (Å²) in [6, 6.07) is 10.3. The van der Waals surface area contributed by atoms with Gasteiger partial charge in [0.1, 0.15) is 23.4 Å². The van der Waals surface area contributed by atoms with E-state index in [0.717, 1.165) is 5.56 Å². The van der Waals surface area contributed by atoms with E-state index in [4.69, 9.17) is 4.74 Å². The first kappa shape index (κ1) is 27.7. The van der Waals surface area contributed by atoms with Gasteiger partial charge in [-0.1, -0.05) is 30.3 Å². The van der Waals surface area contributed by atoms with Crippen molar-refractivity contribution in [2.45, 2.75) is 65.3 Å². The molecule has 2 rings (SSSR count). The van der Waals surface area contributed by atoms with Crippen LogP contribution in [0.25, 0.3) is 0 Å².